The van der Waals surface area contributed by atoms with Gasteiger partial charge in [-0.2, -0.15) is 0 Å². The number of benzene rings is 1. The second-order valence-corrected chi connectivity index (χ2v) is 4.51. The maximum absolute atomic E-state index is 10.4. The summed E-state index contributed by atoms with van der Waals surface area (Å²) >= 11 is 0. The van der Waals surface area contributed by atoms with Crippen LogP contribution < -0.4 is 0 Å². The molecule has 1 heterocycles. The summed E-state index contributed by atoms with van der Waals surface area (Å²) in [5.41, 5.74) is 0.926. The Balaban J connectivity index is 2.22. The highest BCUT2D eigenvalue weighted by Crippen LogP contribution is 2.37. The first kappa shape index (κ1) is 10.7. The quantitative estimate of drug-likeness (QED) is 0.762. The van der Waals surface area contributed by atoms with E-state index < -0.39 is 0 Å². The molecule has 0 radical (unpaired) electrons. The van der Waals surface area contributed by atoms with Crippen LogP contribution in [-0.4, -0.2) is 28.6 Å². The van der Waals surface area contributed by atoms with E-state index >= 15 is 0 Å². The highest BCUT2D eigenvalue weighted by molar-refractivity contribution is 5.21. The summed E-state index contributed by atoms with van der Waals surface area (Å²) in [6.45, 7) is 6.53. The van der Waals surface area contributed by atoms with E-state index in [4.69, 9.17) is 0 Å². The molecule has 0 spiro atoms. The van der Waals surface area contributed by atoms with E-state index in [1.165, 1.54) is 0 Å². The van der Waals surface area contributed by atoms with Crippen LogP contribution in [0.3, 0.4) is 0 Å². The van der Waals surface area contributed by atoms with E-state index in [9.17, 15) is 5.11 Å². The number of aliphatic hydroxyl groups is 1. The third-order valence-corrected chi connectivity index (χ3v) is 3.59. The Morgan fingerprint density at radius 3 is 2.40 bits per heavy atom. The van der Waals surface area contributed by atoms with Gasteiger partial charge in [0.1, 0.15) is 0 Å². The fraction of sp³-hybridized carbons (Fsp3) is 0.538. The monoisotopic (exact) mass is 205 g/mol. The number of nitrogens with zero attached hydrogens (tertiary/aromatic N) is 1. The van der Waals surface area contributed by atoms with Gasteiger partial charge in [0.05, 0.1) is 6.10 Å². The Hall–Kier alpha value is -0.860. The fourth-order valence-corrected chi connectivity index (χ4v) is 2.15. The van der Waals surface area contributed by atoms with Crippen LogP contribution in [0.1, 0.15) is 31.9 Å². The second-order valence-electron chi connectivity index (χ2n) is 4.51. The minimum absolute atomic E-state index is 0.0959. The van der Waals surface area contributed by atoms with Crippen LogP contribution in [0.25, 0.3) is 0 Å². The lowest BCUT2D eigenvalue weighted by Crippen LogP contribution is -2.40. The minimum Gasteiger partial charge on any atom is -0.386 e. The number of aliphatic hydroxyl groups excluding tert-OH is 1. The van der Waals surface area contributed by atoms with Crippen molar-refractivity contribution in [1.82, 2.24) is 4.90 Å². The molecule has 1 saturated heterocycles. The lowest BCUT2D eigenvalue weighted by Gasteiger charge is -2.35. The number of hydrogen-bond acceptors (Lipinski definition) is 2. The molecule has 2 rings (SSSR count). The van der Waals surface area contributed by atoms with Crippen molar-refractivity contribution < 1.29 is 5.11 Å². The largest absolute Gasteiger partial charge is 0.386 e. The van der Waals surface area contributed by atoms with E-state index in [0.29, 0.717) is 0 Å². The molecule has 1 fully saturated rings. The highest BCUT2D eigenvalue weighted by Gasteiger charge is 2.43. The Labute approximate surface area is 91.5 Å². The van der Waals surface area contributed by atoms with Crippen LogP contribution in [0.4, 0.5) is 0 Å². The molecular formula is C13H19NO. The third kappa shape index (κ3) is 1.92. The summed E-state index contributed by atoms with van der Waals surface area (Å²) in [6.07, 6.45) is 0.592. The van der Waals surface area contributed by atoms with Crippen molar-refractivity contribution in [3.05, 3.63) is 35.9 Å². The van der Waals surface area contributed by atoms with Crippen molar-refractivity contribution in [3.63, 3.8) is 0 Å². The predicted molar refractivity (Wildman–Crippen MR) is 61.7 cm³/mol. The van der Waals surface area contributed by atoms with E-state index in [-0.39, 0.29) is 11.6 Å². The van der Waals surface area contributed by atoms with Gasteiger partial charge in [0.15, 0.2) is 0 Å². The molecule has 1 aromatic carbocycles. The van der Waals surface area contributed by atoms with Crippen LogP contribution in [0.15, 0.2) is 30.3 Å². The predicted octanol–water partition coefficient (Wildman–Crippen LogP) is 2.20. The second kappa shape index (κ2) is 3.95. The standard InChI is InChI=1S/C13H19NO/c1-3-13(2,14-9-10-14)12(15)11-7-5-4-6-8-11/h4-8,12,15H,3,9-10H2,1-2H3. The average Bonchev–Trinajstić information content (AvgIpc) is 3.12. The molecule has 2 nitrogen and oxygen atoms in total. The molecule has 0 aromatic heterocycles. The molecule has 1 aliphatic rings. The number of hydrogen-bond donors (Lipinski definition) is 1. The van der Waals surface area contributed by atoms with E-state index in [0.717, 1.165) is 25.1 Å². The third-order valence-electron chi connectivity index (χ3n) is 3.59. The Bertz CT molecular complexity index is 321. The minimum atomic E-state index is -0.383. The lowest BCUT2D eigenvalue weighted by atomic mass is 9.87. The summed E-state index contributed by atoms with van der Waals surface area (Å²) in [7, 11) is 0. The van der Waals surface area contributed by atoms with Crippen LogP contribution in [0.2, 0.25) is 0 Å². The van der Waals surface area contributed by atoms with Crippen molar-refractivity contribution in [2.75, 3.05) is 13.1 Å². The normalized spacial score (nSPS) is 22.1. The molecule has 0 saturated carbocycles. The van der Waals surface area contributed by atoms with E-state index in [1.54, 1.807) is 0 Å². The molecule has 0 amide bonds. The van der Waals surface area contributed by atoms with Gasteiger partial charge in [-0.25, -0.2) is 0 Å². The molecule has 0 aliphatic carbocycles. The van der Waals surface area contributed by atoms with Gasteiger partial charge in [-0.1, -0.05) is 37.3 Å². The summed E-state index contributed by atoms with van der Waals surface area (Å²) in [5.74, 6) is 0. The maximum Gasteiger partial charge on any atom is 0.0970 e. The van der Waals surface area contributed by atoms with Crippen LogP contribution >= 0.6 is 0 Å². The Morgan fingerprint density at radius 2 is 1.93 bits per heavy atom. The molecule has 15 heavy (non-hydrogen) atoms. The molecule has 0 bridgehead atoms. The van der Waals surface area contributed by atoms with Gasteiger partial charge in [-0.15, -0.1) is 0 Å². The van der Waals surface area contributed by atoms with Crippen LogP contribution in [-0.2, 0) is 0 Å². The van der Waals surface area contributed by atoms with Crippen molar-refractivity contribution in [3.8, 4) is 0 Å². The zero-order chi connectivity index (χ0) is 10.9. The summed E-state index contributed by atoms with van der Waals surface area (Å²) in [4.78, 5) is 2.34. The summed E-state index contributed by atoms with van der Waals surface area (Å²) in [5, 5.41) is 10.4. The maximum atomic E-state index is 10.4. The molecule has 2 heteroatoms. The highest BCUT2D eigenvalue weighted by atomic mass is 16.3. The van der Waals surface area contributed by atoms with Gasteiger partial charge in [-0.3, -0.25) is 4.90 Å². The van der Waals surface area contributed by atoms with Crippen LogP contribution in [0.5, 0.6) is 0 Å². The Kier molecular flexibility index (Phi) is 2.81. The van der Waals surface area contributed by atoms with Gasteiger partial charge in [0.2, 0.25) is 0 Å². The van der Waals surface area contributed by atoms with Gasteiger partial charge < -0.3 is 5.11 Å². The Morgan fingerprint density at radius 1 is 1.33 bits per heavy atom. The van der Waals surface area contributed by atoms with Gasteiger partial charge >= 0.3 is 0 Å². The smallest absolute Gasteiger partial charge is 0.0970 e. The molecule has 2 unspecified atom stereocenters. The molecule has 1 aliphatic heterocycles. The summed E-state index contributed by atoms with van der Waals surface area (Å²) < 4.78 is 0. The first-order chi connectivity index (χ1) is 7.18. The lowest BCUT2D eigenvalue weighted by molar-refractivity contribution is 0.0289. The first-order valence-electron chi connectivity index (χ1n) is 5.66. The fourth-order valence-electron chi connectivity index (χ4n) is 2.15. The van der Waals surface area contributed by atoms with Gasteiger partial charge in [0.25, 0.3) is 0 Å². The van der Waals surface area contributed by atoms with Crippen molar-refractivity contribution in [1.29, 1.82) is 0 Å². The molecule has 82 valence electrons. The van der Waals surface area contributed by atoms with Crippen LogP contribution in [0, 0.1) is 0 Å². The molecular weight excluding hydrogens is 186 g/mol. The van der Waals surface area contributed by atoms with Crippen molar-refractivity contribution in [2.24, 2.45) is 0 Å². The van der Waals surface area contributed by atoms with E-state index in [1.807, 2.05) is 30.3 Å². The zero-order valence-corrected chi connectivity index (χ0v) is 9.48. The molecule has 2 atom stereocenters. The first-order valence-corrected chi connectivity index (χ1v) is 5.66. The topological polar surface area (TPSA) is 23.2 Å². The molecule has 1 N–H and O–H groups in total. The van der Waals surface area contributed by atoms with Crippen molar-refractivity contribution in [2.45, 2.75) is 31.9 Å². The average molecular weight is 205 g/mol. The SMILES string of the molecule is CCC(C)(C(O)c1ccccc1)N1CC1. The summed E-state index contributed by atoms with van der Waals surface area (Å²) in [6, 6.07) is 9.95. The van der Waals surface area contributed by atoms with E-state index in [2.05, 4.69) is 18.7 Å². The number of rotatable bonds is 4. The van der Waals surface area contributed by atoms with Gasteiger partial charge in [-0.05, 0) is 18.9 Å². The molecule has 1 aromatic rings. The van der Waals surface area contributed by atoms with Gasteiger partial charge in [0, 0.05) is 18.6 Å². The zero-order valence-electron chi connectivity index (χ0n) is 9.48. The van der Waals surface area contributed by atoms with Crippen molar-refractivity contribution >= 4 is 0 Å².